The van der Waals surface area contributed by atoms with Gasteiger partial charge in [0.25, 0.3) is 0 Å². The van der Waals surface area contributed by atoms with Gasteiger partial charge in [0.2, 0.25) is 0 Å². The minimum absolute atomic E-state index is 0.639. The molecule has 8 heavy (non-hydrogen) atoms. The van der Waals surface area contributed by atoms with Crippen molar-refractivity contribution in [3.05, 3.63) is 0 Å². The summed E-state index contributed by atoms with van der Waals surface area (Å²) in [6.07, 6.45) is 6.58. The number of hydrogen-bond donors (Lipinski definition) is 0. The van der Waals surface area contributed by atoms with E-state index in [4.69, 9.17) is 0 Å². The van der Waals surface area contributed by atoms with Gasteiger partial charge in [-0.05, 0) is 10.9 Å². The van der Waals surface area contributed by atoms with Gasteiger partial charge in [-0.25, -0.2) is 0 Å². The molecule has 0 bridgehead atoms. The topological polar surface area (TPSA) is 0 Å². The molecule has 0 saturated carbocycles. The van der Waals surface area contributed by atoms with Crippen LogP contribution in [0.15, 0.2) is 0 Å². The van der Waals surface area contributed by atoms with Crippen molar-refractivity contribution >= 4 is 10.9 Å². The van der Waals surface area contributed by atoms with Gasteiger partial charge in [0, 0.05) is 0 Å². The molecule has 0 atom stereocenters. The summed E-state index contributed by atoms with van der Waals surface area (Å²) in [5, 5.41) is 0. The zero-order valence-corrected chi connectivity index (χ0v) is 5.94. The van der Waals surface area contributed by atoms with Crippen LogP contribution in [-0.2, 0) is 10.9 Å². The molecule has 0 radical (unpaired) electrons. The Balaban J connectivity index is 0. The molecule has 0 aliphatic rings. The molecule has 4 heteroatoms. The van der Waals surface area contributed by atoms with E-state index < -0.39 is 6.68 Å². The molecule has 52 valence electrons. The van der Waals surface area contributed by atoms with Crippen molar-refractivity contribution in [1.29, 1.82) is 0 Å². The van der Waals surface area contributed by atoms with Gasteiger partial charge in [-0.3, -0.25) is 0 Å². The molecule has 0 aliphatic heterocycles. The fourth-order valence-corrected chi connectivity index (χ4v) is 0. The summed E-state index contributed by atoms with van der Waals surface area (Å²) in [4.78, 5) is 0. The van der Waals surface area contributed by atoms with Gasteiger partial charge in [0.1, 0.15) is 0 Å². The van der Waals surface area contributed by atoms with Crippen LogP contribution in [-0.4, -0.2) is 25.4 Å². The quantitative estimate of drug-likeness (QED) is 0.457. The molecule has 0 heterocycles. The van der Waals surface area contributed by atoms with E-state index >= 15 is 0 Å². The second-order valence-electron chi connectivity index (χ2n) is 1.47. The fourth-order valence-electron chi connectivity index (χ4n) is 0. The molecule has 0 saturated heterocycles. The Bertz CT molecular complexity index is 26.8. The van der Waals surface area contributed by atoms with Crippen LogP contribution >= 0.6 is 0 Å². The van der Waals surface area contributed by atoms with E-state index in [1.807, 2.05) is 0 Å². The van der Waals surface area contributed by atoms with E-state index in [9.17, 15) is 13.2 Å². The molecule has 0 fully saturated rings. The van der Waals surface area contributed by atoms with Gasteiger partial charge in [0.05, 0.1) is 18.8 Å². The van der Waals surface area contributed by atoms with Gasteiger partial charge in [0.15, 0.2) is 0 Å². The zero-order valence-electron chi connectivity index (χ0n) is 5.12. The number of halogens is 3. The Morgan fingerprint density at radius 1 is 1.00 bits per heavy atom. The lowest BCUT2D eigenvalue weighted by Crippen LogP contribution is -1.84. The van der Waals surface area contributed by atoms with Crippen LogP contribution in [0.2, 0.25) is 0 Å². The van der Waals surface area contributed by atoms with Crippen LogP contribution in [0, 0.1) is 0 Å². The summed E-state index contributed by atoms with van der Waals surface area (Å²) in [7, 11) is 0.639. The fraction of sp³-hybridized carbons (Fsp3) is 1.00. The lowest BCUT2D eigenvalue weighted by molar-refractivity contribution is 0.00819. The number of alkyl halides is 3. The maximum Gasteiger partial charge on any atom is 0.379 e. The molecule has 0 aromatic carbocycles. The second kappa shape index (κ2) is 7.14. The average Bonchev–Trinajstić information content (AvgIpc) is 1.25. The Labute approximate surface area is 50.4 Å². The van der Waals surface area contributed by atoms with E-state index in [0.717, 1.165) is 0 Å². The molecular formula is C4H10F3S+. The van der Waals surface area contributed by atoms with Crippen molar-refractivity contribution in [3.8, 4) is 0 Å². The highest BCUT2D eigenvalue weighted by Gasteiger charge is 1.86. The molecule has 0 nitrogen and oxygen atoms in total. The molecular weight excluding hydrogens is 137 g/mol. The molecule has 0 aromatic heterocycles. The van der Waals surface area contributed by atoms with Crippen molar-refractivity contribution < 1.29 is 13.2 Å². The third kappa shape index (κ3) is 8280. The van der Waals surface area contributed by atoms with Crippen LogP contribution in [0.4, 0.5) is 13.2 Å². The van der Waals surface area contributed by atoms with E-state index in [1.165, 1.54) is 0 Å². The van der Waals surface area contributed by atoms with Crippen LogP contribution in [0.1, 0.15) is 0 Å². The van der Waals surface area contributed by atoms with Crippen molar-refractivity contribution in [2.24, 2.45) is 0 Å². The number of hydrogen-bond acceptors (Lipinski definition) is 0. The first kappa shape index (κ1) is 11.0. The number of rotatable bonds is 0. The summed E-state index contributed by atoms with van der Waals surface area (Å²) in [5.74, 6) is 0. The monoisotopic (exact) mass is 147 g/mol. The molecule has 0 N–H and O–H groups in total. The van der Waals surface area contributed by atoms with Crippen molar-refractivity contribution in [2.45, 2.75) is 6.68 Å². The van der Waals surface area contributed by atoms with Gasteiger partial charge in [-0.15, -0.1) is 0 Å². The SMILES string of the molecule is C[S+](C)C.FC(F)F. The van der Waals surface area contributed by atoms with Gasteiger partial charge in [-0.2, -0.15) is 13.2 Å². The molecule has 0 amide bonds. The van der Waals surface area contributed by atoms with Crippen LogP contribution in [0.5, 0.6) is 0 Å². The lowest BCUT2D eigenvalue weighted by atomic mass is 11.6. The van der Waals surface area contributed by atoms with Crippen molar-refractivity contribution in [3.63, 3.8) is 0 Å². The van der Waals surface area contributed by atoms with E-state index in [-0.39, 0.29) is 0 Å². The molecule has 0 rings (SSSR count). The molecule has 0 unspecified atom stereocenters. The van der Waals surface area contributed by atoms with E-state index in [0.29, 0.717) is 10.9 Å². The predicted molar refractivity (Wildman–Crippen MR) is 32.2 cm³/mol. The first-order valence-corrected chi connectivity index (χ1v) is 4.33. The van der Waals surface area contributed by atoms with E-state index in [1.54, 1.807) is 0 Å². The normalized spacial score (nSPS) is 9.00. The molecule has 0 spiro atoms. The van der Waals surface area contributed by atoms with Gasteiger partial charge in [-0.1, -0.05) is 0 Å². The van der Waals surface area contributed by atoms with Crippen LogP contribution < -0.4 is 0 Å². The van der Waals surface area contributed by atoms with E-state index in [2.05, 4.69) is 18.8 Å². The lowest BCUT2D eigenvalue weighted by Gasteiger charge is -1.69. The van der Waals surface area contributed by atoms with Crippen LogP contribution in [0.3, 0.4) is 0 Å². The van der Waals surface area contributed by atoms with Crippen molar-refractivity contribution in [1.82, 2.24) is 0 Å². The summed E-state index contributed by atoms with van der Waals surface area (Å²) in [5.41, 5.74) is 0. The largest absolute Gasteiger partial charge is 0.379 e. The first-order valence-electron chi connectivity index (χ1n) is 1.88. The average molecular weight is 147 g/mol. The summed E-state index contributed by atoms with van der Waals surface area (Å²) in [6, 6.07) is 0. The third-order valence-electron chi connectivity index (χ3n) is 0. The summed E-state index contributed by atoms with van der Waals surface area (Å²) >= 11 is 0. The smallest absolute Gasteiger partial charge is 0.174 e. The second-order valence-corrected chi connectivity index (χ2v) is 3.92. The highest BCUT2D eigenvalue weighted by molar-refractivity contribution is 7.94. The van der Waals surface area contributed by atoms with Crippen LogP contribution in [0.25, 0.3) is 0 Å². The Morgan fingerprint density at radius 3 is 1.00 bits per heavy atom. The molecule has 0 aliphatic carbocycles. The third-order valence-corrected chi connectivity index (χ3v) is 0. The van der Waals surface area contributed by atoms with Crippen molar-refractivity contribution in [2.75, 3.05) is 18.8 Å². The highest BCUT2D eigenvalue weighted by Crippen LogP contribution is 1.87. The maximum absolute atomic E-state index is 9.67. The summed E-state index contributed by atoms with van der Waals surface area (Å²) < 4.78 is 29.0. The maximum atomic E-state index is 9.67. The zero-order chi connectivity index (χ0) is 7.15. The molecule has 0 aromatic rings. The van der Waals surface area contributed by atoms with Gasteiger partial charge < -0.3 is 0 Å². The Kier molecular flexibility index (Phi) is 9.82. The minimum atomic E-state index is -3.67. The highest BCUT2D eigenvalue weighted by atomic mass is 32.2. The first-order chi connectivity index (χ1) is 3.46. The predicted octanol–water partition coefficient (Wildman–Crippen LogP) is 1.67. The van der Waals surface area contributed by atoms with Gasteiger partial charge >= 0.3 is 6.68 Å². The Hall–Kier alpha value is 0.140. The summed E-state index contributed by atoms with van der Waals surface area (Å²) in [6.45, 7) is -3.67. The minimum Gasteiger partial charge on any atom is -0.174 e. The Morgan fingerprint density at radius 2 is 1.00 bits per heavy atom. The standard InChI is InChI=1S/C3H9S.CHF3/c1-4(2)3;2-1(3)4/h1-3H3;1H/q+1;.